The Morgan fingerprint density at radius 1 is 1.29 bits per heavy atom. The maximum atomic E-state index is 8.92. The zero-order valence-electron chi connectivity index (χ0n) is 13.6. The number of aliphatic hydroxyl groups excluding tert-OH is 1. The Morgan fingerprint density at radius 2 is 2.00 bits per heavy atom. The van der Waals surface area contributed by atoms with Crippen LogP contribution < -0.4 is 0 Å². The second-order valence-corrected chi connectivity index (χ2v) is 5.97. The van der Waals surface area contributed by atoms with Crippen molar-refractivity contribution >= 4 is 0 Å². The third-order valence-electron chi connectivity index (χ3n) is 4.54. The molecular weight excluding hydrogens is 266 g/mol. The molecule has 1 aromatic rings. The van der Waals surface area contributed by atoms with Gasteiger partial charge in [0.15, 0.2) is 0 Å². The van der Waals surface area contributed by atoms with Crippen molar-refractivity contribution in [2.75, 3.05) is 33.3 Å². The Bertz CT molecular complexity index is 426. The van der Waals surface area contributed by atoms with Gasteiger partial charge in [0, 0.05) is 38.8 Å². The Morgan fingerprint density at radius 3 is 2.62 bits per heavy atom. The third kappa shape index (κ3) is 4.25. The number of aliphatic hydroxyl groups is 1. The largest absolute Gasteiger partial charge is 0.396 e. The molecule has 0 bridgehead atoms. The van der Waals surface area contributed by atoms with E-state index in [1.807, 2.05) is 6.92 Å². The van der Waals surface area contributed by atoms with Crippen LogP contribution in [0.1, 0.15) is 37.8 Å². The minimum atomic E-state index is 0.287. The van der Waals surface area contributed by atoms with Gasteiger partial charge in [-0.15, -0.1) is 10.2 Å². The monoisotopic (exact) mass is 295 g/mol. The summed E-state index contributed by atoms with van der Waals surface area (Å²) < 4.78 is 2.19. The molecule has 2 heterocycles. The summed E-state index contributed by atoms with van der Waals surface area (Å²) in [6.45, 7) is 9.51. The zero-order valence-corrected chi connectivity index (χ0v) is 13.6. The molecule has 6 nitrogen and oxygen atoms in total. The predicted molar refractivity (Wildman–Crippen MR) is 83.1 cm³/mol. The lowest BCUT2D eigenvalue weighted by Gasteiger charge is -2.36. The van der Waals surface area contributed by atoms with Crippen LogP contribution in [0.4, 0.5) is 0 Å². The molecule has 1 saturated heterocycles. The van der Waals surface area contributed by atoms with Gasteiger partial charge in [-0.2, -0.15) is 0 Å². The number of hydrogen-bond donors (Lipinski definition) is 1. The van der Waals surface area contributed by atoms with Crippen LogP contribution in [0.25, 0.3) is 0 Å². The molecule has 120 valence electrons. The molecule has 0 aromatic carbocycles. The van der Waals surface area contributed by atoms with Gasteiger partial charge in [-0.05, 0) is 40.2 Å². The number of likely N-dealkylation sites (tertiary alicyclic amines) is 1. The molecule has 1 aliphatic rings. The fourth-order valence-corrected chi connectivity index (χ4v) is 3.17. The van der Waals surface area contributed by atoms with E-state index in [1.54, 1.807) is 0 Å². The smallest absolute Gasteiger partial charge is 0.147 e. The van der Waals surface area contributed by atoms with Crippen molar-refractivity contribution in [2.45, 2.75) is 52.2 Å². The molecule has 0 saturated carbocycles. The molecule has 0 radical (unpaired) electrons. The van der Waals surface area contributed by atoms with Gasteiger partial charge in [-0.3, -0.25) is 4.90 Å². The van der Waals surface area contributed by atoms with E-state index >= 15 is 0 Å². The maximum Gasteiger partial charge on any atom is 0.147 e. The lowest BCUT2D eigenvalue weighted by atomic mass is 10.0. The van der Waals surface area contributed by atoms with E-state index in [9.17, 15) is 0 Å². The molecule has 0 amide bonds. The average molecular weight is 295 g/mol. The molecule has 0 spiro atoms. The van der Waals surface area contributed by atoms with Gasteiger partial charge < -0.3 is 14.6 Å². The molecule has 1 aliphatic heterocycles. The normalized spacial score (nSPS) is 17.8. The topological polar surface area (TPSA) is 57.4 Å². The van der Waals surface area contributed by atoms with Crippen LogP contribution in [-0.4, -0.2) is 69.0 Å². The molecule has 6 heteroatoms. The van der Waals surface area contributed by atoms with E-state index in [2.05, 4.69) is 38.5 Å². The van der Waals surface area contributed by atoms with E-state index in [4.69, 9.17) is 5.11 Å². The van der Waals surface area contributed by atoms with Gasteiger partial charge in [-0.1, -0.05) is 0 Å². The second kappa shape index (κ2) is 7.87. The second-order valence-electron chi connectivity index (χ2n) is 5.97. The molecule has 0 unspecified atom stereocenters. The van der Waals surface area contributed by atoms with Crippen molar-refractivity contribution in [1.82, 2.24) is 24.6 Å². The summed E-state index contributed by atoms with van der Waals surface area (Å²) in [4.78, 5) is 4.87. The van der Waals surface area contributed by atoms with Crippen LogP contribution in [0.3, 0.4) is 0 Å². The first-order chi connectivity index (χ1) is 10.2. The number of aryl methyl sites for hydroxylation is 1. The molecule has 1 aromatic heterocycles. The van der Waals surface area contributed by atoms with Crippen molar-refractivity contribution in [3.05, 3.63) is 11.6 Å². The summed E-state index contributed by atoms with van der Waals surface area (Å²) in [5.74, 6) is 2.09. The van der Waals surface area contributed by atoms with Gasteiger partial charge in [0.2, 0.25) is 0 Å². The van der Waals surface area contributed by atoms with Crippen LogP contribution in [-0.2, 0) is 13.1 Å². The Balaban J connectivity index is 1.81. The third-order valence-corrected chi connectivity index (χ3v) is 4.54. The maximum absolute atomic E-state index is 8.92. The molecule has 0 aliphatic carbocycles. The summed E-state index contributed by atoms with van der Waals surface area (Å²) in [5.41, 5.74) is 0. The van der Waals surface area contributed by atoms with Crippen molar-refractivity contribution in [2.24, 2.45) is 0 Å². The summed E-state index contributed by atoms with van der Waals surface area (Å²) in [7, 11) is 2.17. The first-order valence-electron chi connectivity index (χ1n) is 8.07. The zero-order chi connectivity index (χ0) is 15.2. The van der Waals surface area contributed by atoms with E-state index < -0.39 is 0 Å². The predicted octanol–water partition coefficient (Wildman–Crippen LogP) is 0.885. The van der Waals surface area contributed by atoms with Gasteiger partial charge in [0.1, 0.15) is 11.6 Å². The molecule has 1 fully saturated rings. The highest BCUT2D eigenvalue weighted by Gasteiger charge is 2.23. The Hall–Kier alpha value is -0.980. The van der Waals surface area contributed by atoms with Crippen molar-refractivity contribution in [3.63, 3.8) is 0 Å². The highest BCUT2D eigenvalue weighted by atomic mass is 16.3. The van der Waals surface area contributed by atoms with Gasteiger partial charge in [0.25, 0.3) is 0 Å². The Kier molecular flexibility index (Phi) is 6.14. The fraction of sp³-hybridized carbons (Fsp3) is 0.867. The highest BCUT2D eigenvalue weighted by Crippen LogP contribution is 2.17. The van der Waals surface area contributed by atoms with Gasteiger partial charge >= 0.3 is 0 Å². The lowest BCUT2D eigenvalue weighted by molar-refractivity contribution is 0.115. The van der Waals surface area contributed by atoms with Crippen molar-refractivity contribution in [3.8, 4) is 0 Å². The van der Waals surface area contributed by atoms with Crippen molar-refractivity contribution < 1.29 is 5.11 Å². The van der Waals surface area contributed by atoms with Gasteiger partial charge in [0.05, 0.1) is 6.54 Å². The number of hydrogen-bond acceptors (Lipinski definition) is 5. The molecule has 1 N–H and O–H groups in total. The first-order valence-corrected chi connectivity index (χ1v) is 8.07. The van der Waals surface area contributed by atoms with E-state index in [0.29, 0.717) is 6.04 Å². The van der Waals surface area contributed by atoms with Crippen LogP contribution in [0, 0.1) is 6.92 Å². The molecular formula is C15H29N5O. The molecule has 0 atom stereocenters. The number of aromatic nitrogens is 3. The standard InChI is InChI=1S/C15H29N5O/c1-4-20-13(2)16-17-15(20)12-19-9-6-14(7-10-19)18(3)8-5-11-21/h14,21H,4-12H2,1-3H3. The summed E-state index contributed by atoms with van der Waals surface area (Å²) in [6.07, 6.45) is 3.26. The summed E-state index contributed by atoms with van der Waals surface area (Å²) in [6, 6.07) is 0.651. The molecule has 2 rings (SSSR count). The fourth-order valence-electron chi connectivity index (χ4n) is 3.17. The van der Waals surface area contributed by atoms with E-state index in [1.165, 1.54) is 12.8 Å². The van der Waals surface area contributed by atoms with Crippen molar-refractivity contribution in [1.29, 1.82) is 0 Å². The van der Waals surface area contributed by atoms with Crippen LogP contribution in [0.2, 0.25) is 0 Å². The number of rotatable bonds is 7. The van der Waals surface area contributed by atoms with Gasteiger partial charge in [-0.25, -0.2) is 0 Å². The average Bonchev–Trinajstić information content (AvgIpc) is 2.85. The van der Waals surface area contributed by atoms with Crippen LogP contribution in [0.5, 0.6) is 0 Å². The number of piperidine rings is 1. The number of nitrogens with zero attached hydrogens (tertiary/aromatic N) is 5. The quantitative estimate of drug-likeness (QED) is 0.809. The molecule has 21 heavy (non-hydrogen) atoms. The lowest BCUT2D eigenvalue weighted by Crippen LogP contribution is -2.43. The summed E-state index contributed by atoms with van der Waals surface area (Å²) >= 11 is 0. The van der Waals surface area contributed by atoms with E-state index in [0.717, 1.165) is 50.8 Å². The highest BCUT2D eigenvalue weighted by molar-refractivity contribution is 4.94. The first kappa shape index (κ1) is 16.4. The Labute approximate surface area is 127 Å². The SMILES string of the molecule is CCn1c(C)nnc1CN1CCC(N(C)CCCO)CC1. The van der Waals surface area contributed by atoms with Crippen LogP contribution >= 0.6 is 0 Å². The van der Waals surface area contributed by atoms with E-state index in [-0.39, 0.29) is 6.61 Å². The summed E-state index contributed by atoms with van der Waals surface area (Å²) in [5, 5.41) is 17.4. The minimum Gasteiger partial charge on any atom is -0.396 e. The minimum absolute atomic E-state index is 0.287. The van der Waals surface area contributed by atoms with Crippen LogP contribution in [0.15, 0.2) is 0 Å².